The summed E-state index contributed by atoms with van der Waals surface area (Å²) in [6.07, 6.45) is 3.56. The lowest BCUT2D eigenvalue weighted by Crippen LogP contribution is -2.53. The summed E-state index contributed by atoms with van der Waals surface area (Å²) in [5, 5.41) is 3.43. The first kappa shape index (κ1) is 20.0. The number of aliphatic imine (C=N–C) groups is 1. The molecule has 0 radical (unpaired) electrons. The molecule has 2 fully saturated rings. The molecule has 1 aromatic carbocycles. The third-order valence-electron chi connectivity index (χ3n) is 5.05. The van der Waals surface area contributed by atoms with Crippen LogP contribution in [-0.4, -0.2) is 68.6 Å². The molecule has 150 valence electrons. The first-order valence-electron chi connectivity index (χ1n) is 10.3. The molecule has 0 spiro atoms. The number of hydrogen-bond donors (Lipinski definition) is 1. The minimum Gasteiger partial charge on any atom is -0.489 e. The molecule has 2 saturated heterocycles. The van der Waals surface area contributed by atoms with Gasteiger partial charge in [0, 0.05) is 26.2 Å². The van der Waals surface area contributed by atoms with E-state index in [1.54, 1.807) is 0 Å². The van der Waals surface area contributed by atoms with E-state index in [9.17, 15) is 0 Å². The fourth-order valence-electron chi connectivity index (χ4n) is 3.54. The first-order valence-corrected chi connectivity index (χ1v) is 10.3. The van der Waals surface area contributed by atoms with Crippen LogP contribution in [0.1, 0.15) is 33.1 Å². The summed E-state index contributed by atoms with van der Waals surface area (Å²) in [6.45, 7) is 8.97. The normalized spacial score (nSPS) is 24.7. The second-order valence-electron chi connectivity index (χ2n) is 7.06. The Hall–Kier alpha value is -1.79. The molecule has 6 heteroatoms. The Morgan fingerprint density at radius 1 is 1.22 bits per heavy atom. The van der Waals surface area contributed by atoms with Gasteiger partial charge in [-0.2, -0.15) is 0 Å². The molecule has 6 nitrogen and oxygen atoms in total. The van der Waals surface area contributed by atoms with Crippen molar-refractivity contribution in [1.82, 2.24) is 10.2 Å². The van der Waals surface area contributed by atoms with Gasteiger partial charge in [0.05, 0.1) is 19.3 Å². The molecule has 3 rings (SSSR count). The molecule has 0 aliphatic carbocycles. The van der Waals surface area contributed by atoms with Crippen molar-refractivity contribution in [3.63, 3.8) is 0 Å². The van der Waals surface area contributed by atoms with E-state index in [-0.39, 0.29) is 18.3 Å². The molecule has 1 N–H and O–H groups in total. The van der Waals surface area contributed by atoms with Gasteiger partial charge in [0.2, 0.25) is 0 Å². The topological polar surface area (TPSA) is 55.3 Å². The second-order valence-corrected chi connectivity index (χ2v) is 7.06. The number of para-hydroxylation sites is 1. The largest absolute Gasteiger partial charge is 0.489 e. The molecular formula is C21H33N3O3. The zero-order chi connectivity index (χ0) is 18.9. The third-order valence-corrected chi connectivity index (χ3v) is 5.05. The standard InChI is InChI=1S/C21H33N3O3/c1-3-17(27-18-9-6-5-7-10-18)15-23-21(22-4-2)24-12-14-26-20(16-24)19-11-8-13-25-19/h5-7,9-10,17,19-20H,3-4,8,11-16H2,1-2H3,(H,22,23). The van der Waals surface area contributed by atoms with Crippen molar-refractivity contribution >= 4 is 5.96 Å². The number of nitrogens with zero attached hydrogens (tertiary/aromatic N) is 2. The first-order chi connectivity index (χ1) is 13.3. The summed E-state index contributed by atoms with van der Waals surface area (Å²) in [7, 11) is 0. The highest BCUT2D eigenvalue weighted by atomic mass is 16.5. The Morgan fingerprint density at radius 2 is 2.04 bits per heavy atom. The number of benzene rings is 1. The van der Waals surface area contributed by atoms with Crippen LogP contribution in [0.2, 0.25) is 0 Å². The summed E-state index contributed by atoms with van der Waals surface area (Å²) in [4.78, 5) is 7.18. The van der Waals surface area contributed by atoms with Crippen molar-refractivity contribution in [2.24, 2.45) is 4.99 Å². The molecule has 0 saturated carbocycles. The van der Waals surface area contributed by atoms with E-state index >= 15 is 0 Å². The van der Waals surface area contributed by atoms with Gasteiger partial charge in [-0.05, 0) is 38.3 Å². The monoisotopic (exact) mass is 375 g/mol. The van der Waals surface area contributed by atoms with Gasteiger partial charge >= 0.3 is 0 Å². The fourth-order valence-corrected chi connectivity index (χ4v) is 3.54. The number of ether oxygens (including phenoxy) is 3. The number of hydrogen-bond acceptors (Lipinski definition) is 4. The smallest absolute Gasteiger partial charge is 0.194 e. The van der Waals surface area contributed by atoms with Crippen LogP contribution in [-0.2, 0) is 9.47 Å². The lowest BCUT2D eigenvalue weighted by molar-refractivity contribution is -0.0817. The number of nitrogens with one attached hydrogen (secondary N) is 1. The molecule has 2 aliphatic rings. The second kappa shape index (κ2) is 10.5. The Labute approximate surface area is 162 Å². The minimum atomic E-state index is 0.0658. The third kappa shape index (κ3) is 5.84. The predicted molar refractivity (Wildman–Crippen MR) is 107 cm³/mol. The molecular weight excluding hydrogens is 342 g/mol. The van der Waals surface area contributed by atoms with Crippen LogP contribution in [0.4, 0.5) is 0 Å². The van der Waals surface area contributed by atoms with Gasteiger partial charge in [0.15, 0.2) is 5.96 Å². The van der Waals surface area contributed by atoms with Crippen LogP contribution >= 0.6 is 0 Å². The van der Waals surface area contributed by atoms with Gasteiger partial charge < -0.3 is 24.4 Å². The van der Waals surface area contributed by atoms with E-state index in [0.717, 1.165) is 57.2 Å². The quantitative estimate of drug-likeness (QED) is 0.587. The van der Waals surface area contributed by atoms with Crippen molar-refractivity contribution < 1.29 is 14.2 Å². The van der Waals surface area contributed by atoms with Crippen LogP contribution in [0, 0.1) is 0 Å². The Balaban J connectivity index is 1.60. The maximum absolute atomic E-state index is 6.08. The molecule has 2 heterocycles. The van der Waals surface area contributed by atoms with E-state index in [0.29, 0.717) is 13.2 Å². The van der Waals surface area contributed by atoms with Crippen LogP contribution < -0.4 is 10.1 Å². The van der Waals surface area contributed by atoms with Crippen molar-refractivity contribution in [3.8, 4) is 5.75 Å². The SMILES string of the molecule is CCNC(=NCC(CC)Oc1ccccc1)N1CCOC(C2CCCO2)C1. The lowest BCUT2D eigenvalue weighted by atomic mass is 10.1. The van der Waals surface area contributed by atoms with Crippen LogP contribution in [0.15, 0.2) is 35.3 Å². The number of rotatable bonds is 7. The van der Waals surface area contributed by atoms with Crippen molar-refractivity contribution in [1.29, 1.82) is 0 Å². The molecule has 27 heavy (non-hydrogen) atoms. The zero-order valence-corrected chi connectivity index (χ0v) is 16.6. The van der Waals surface area contributed by atoms with Gasteiger partial charge in [-0.3, -0.25) is 0 Å². The average Bonchev–Trinajstić information content (AvgIpc) is 3.26. The van der Waals surface area contributed by atoms with Gasteiger partial charge in [-0.1, -0.05) is 25.1 Å². The highest BCUT2D eigenvalue weighted by molar-refractivity contribution is 5.80. The lowest BCUT2D eigenvalue weighted by Gasteiger charge is -2.37. The van der Waals surface area contributed by atoms with Crippen molar-refractivity contribution in [2.45, 2.75) is 51.4 Å². The van der Waals surface area contributed by atoms with Gasteiger partial charge in [-0.25, -0.2) is 4.99 Å². The Morgan fingerprint density at radius 3 is 2.74 bits per heavy atom. The van der Waals surface area contributed by atoms with E-state index in [2.05, 4.69) is 24.1 Å². The molecule has 0 amide bonds. The molecule has 0 bridgehead atoms. The average molecular weight is 376 g/mol. The molecule has 3 atom stereocenters. The van der Waals surface area contributed by atoms with Crippen LogP contribution in [0.3, 0.4) is 0 Å². The molecule has 2 aliphatic heterocycles. The highest BCUT2D eigenvalue weighted by Gasteiger charge is 2.32. The van der Waals surface area contributed by atoms with Gasteiger partial charge in [0.25, 0.3) is 0 Å². The predicted octanol–water partition coefficient (Wildman–Crippen LogP) is 2.69. The summed E-state index contributed by atoms with van der Waals surface area (Å²) in [5.74, 6) is 1.84. The van der Waals surface area contributed by atoms with E-state index < -0.39 is 0 Å². The van der Waals surface area contributed by atoms with Crippen LogP contribution in [0.25, 0.3) is 0 Å². The van der Waals surface area contributed by atoms with Gasteiger partial charge in [-0.15, -0.1) is 0 Å². The minimum absolute atomic E-state index is 0.0658. The maximum Gasteiger partial charge on any atom is 0.194 e. The van der Waals surface area contributed by atoms with E-state index in [4.69, 9.17) is 19.2 Å². The summed E-state index contributed by atoms with van der Waals surface area (Å²) in [5.41, 5.74) is 0. The van der Waals surface area contributed by atoms with Crippen molar-refractivity contribution in [3.05, 3.63) is 30.3 Å². The van der Waals surface area contributed by atoms with E-state index in [1.807, 2.05) is 30.3 Å². The summed E-state index contributed by atoms with van der Waals surface area (Å²) < 4.78 is 17.9. The number of guanidine groups is 1. The molecule has 1 aromatic rings. The van der Waals surface area contributed by atoms with E-state index in [1.165, 1.54) is 0 Å². The fraction of sp³-hybridized carbons (Fsp3) is 0.667. The summed E-state index contributed by atoms with van der Waals surface area (Å²) >= 11 is 0. The zero-order valence-electron chi connectivity index (χ0n) is 16.6. The van der Waals surface area contributed by atoms with Gasteiger partial charge in [0.1, 0.15) is 18.0 Å². The molecule has 3 unspecified atom stereocenters. The summed E-state index contributed by atoms with van der Waals surface area (Å²) in [6, 6.07) is 9.97. The Bertz CT molecular complexity index is 575. The number of morpholine rings is 1. The Kier molecular flexibility index (Phi) is 7.78. The van der Waals surface area contributed by atoms with Crippen LogP contribution in [0.5, 0.6) is 5.75 Å². The highest BCUT2D eigenvalue weighted by Crippen LogP contribution is 2.21. The maximum atomic E-state index is 6.08. The molecule has 0 aromatic heterocycles. The van der Waals surface area contributed by atoms with Crippen molar-refractivity contribution in [2.75, 3.05) is 39.4 Å².